The van der Waals surface area contributed by atoms with Crippen LogP contribution in [0, 0.1) is 34.6 Å². The molecule has 0 aliphatic heterocycles. The average Bonchev–Trinajstić information content (AvgIpc) is 2.46. The SMILES string of the molecule is CCCP(c1cccc(C)c1C)c1ccc(C)c(C)c1C. The Bertz CT molecular complexity index is 641. The summed E-state index contributed by atoms with van der Waals surface area (Å²) in [4.78, 5) is 0. The van der Waals surface area contributed by atoms with E-state index in [1.54, 1.807) is 10.6 Å². The first kappa shape index (κ1) is 16.2. The monoisotopic (exact) mass is 298 g/mol. The highest BCUT2D eigenvalue weighted by Crippen LogP contribution is 2.38. The van der Waals surface area contributed by atoms with Crippen LogP contribution in [0.3, 0.4) is 0 Å². The molecule has 2 rings (SSSR count). The second-order valence-corrected chi connectivity index (χ2v) is 8.29. The van der Waals surface area contributed by atoms with Crippen LogP contribution in [-0.2, 0) is 0 Å². The van der Waals surface area contributed by atoms with Gasteiger partial charge in [-0.05, 0) is 87.1 Å². The van der Waals surface area contributed by atoms with Crippen LogP contribution in [0.15, 0.2) is 30.3 Å². The van der Waals surface area contributed by atoms with Crippen molar-refractivity contribution in [2.75, 3.05) is 6.16 Å². The maximum Gasteiger partial charge on any atom is -0.0163 e. The first-order valence-corrected chi connectivity index (χ1v) is 9.40. The summed E-state index contributed by atoms with van der Waals surface area (Å²) in [7, 11) is -0.237. The Labute approximate surface area is 131 Å². The van der Waals surface area contributed by atoms with Crippen LogP contribution in [-0.4, -0.2) is 6.16 Å². The smallest absolute Gasteiger partial charge is 0.0163 e. The number of hydrogen-bond donors (Lipinski definition) is 0. The zero-order chi connectivity index (χ0) is 15.6. The third-order valence-corrected chi connectivity index (χ3v) is 7.66. The third-order valence-electron chi connectivity index (χ3n) is 4.63. The molecule has 0 aliphatic rings. The summed E-state index contributed by atoms with van der Waals surface area (Å²) in [6.45, 7) is 13.6. The predicted octanol–water partition coefficient (Wildman–Crippen LogP) is 5.07. The fourth-order valence-electron chi connectivity index (χ4n) is 2.86. The number of hydrogen-bond acceptors (Lipinski definition) is 0. The first-order chi connectivity index (χ1) is 9.97. The minimum absolute atomic E-state index is 0.237. The molecule has 0 heterocycles. The summed E-state index contributed by atoms with van der Waals surface area (Å²) in [6, 6.07) is 11.5. The van der Waals surface area contributed by atoms with Gasteiger partial charge >= 0.3 is 0 Å². The van der Waals surface area contributed by atoms with Crippen LogP contribution in [0.25, 0.3) is 0 Å². The molecule has 0 spiro atoms. The van der Waals surface area contributed by atoms with Crippen LogP contribution in [0.2, 0.25) is 0 Å². The molecule has 0 saturated carbocycles. The van der Waals surface area contributed by atoms with E-state index in [2.05, 4.69) is 71.9 Å². The summed E-state index contributed by atoms with van der Waals surface area (Å²) in [5.74, 6) is 0. The maximum atomic E-state index is 2.38. The molecule has 112 valence electrons. The fourth-order valence-corrected chi connectivity index (χ4v) is 5.72. The molecule has 0 aliphatic carbocycles. The summed E-state index contributed by atoms with van der Waals surface area (Å²) >= 11 is 0. The molecule has 2 aromatic carbocycles. The van der Waals surface area contributed by atoms with Crippen molar-refractivity contribution in [1.29, 1.82) is 0 Å². The van der Waals surface area contributed by atoms with Crippen molar-refractivity contribution >= 4 is 18.5 Å². The zero-order valence-corrected chi connectivity index (χ0v) is 15.1. The molecule has 0 bridgehead atoms. The Balaban J connectivity index is 2.59. The summed E-state index contributed by atoms with van der Waals surface area (Å²) in [5.41, 5.74) is 7.26. The Morgan fingerprint density at radius 2 is 1.33 bits per heavy atom. The third kappa shape index (κ3) is 3.22. The van der Waals surface area contributed by atoms with Gasteiger partial charge in [0.25, 0.3) is 0 Å². The number of aryl methyl sites for hydroxylation is 2. The molecule has 0 fully saturated rings. The van der Waals surface area contributed by atoms with E-state index in [1.807, 2.05) is 0 Å². The largest absolute Gasteiger partial charge is 0.0650 e. The van der Waals surface area contributed by atoms with Crippen LogP contribution < -0.4 is 10.6 Å². The second-order valence-electron chi connectivity index (χ2n) is 6.02. The molecule has 0 aromatic heterocycles. The highest BCUT2D eigenvalue weighted by Gasteiger charge is 2.18. The molecule has 0 saturated heterocycles. The topological polar surface area (TPSA) is 0 Å². The lowest BCUT2D eigenvalue weighted by Crippen LogP contribution is -2.20. The van der Waals surface area contributed by atoms with E-state index in [1.165, 1.54) is 40.4 Å². The molecule has 0 nitrogen and oxygen atoms in total. The molecule has 21 heavy (non-hydrogen) atoms. The Kier molecular flexibility index (Phi) is 5.22. The molecule has 1 atom stereocenters. The quantitative estimate of drug-likeness (QED) is 0.691. The van der Waals surface area contributed by atoms with Gasteiger partial charge in [-0.15, -0.1) is 0 Å². The van der Waals surface area contributed by atoms with Crippen LogP contribution in [0.4, 0.5) is 0 Å². The molecule has 0 amide bonds. The number of rotatable bonds is 4. The lowest BCUT2D eigenvalue weighted by molar-refractivity contribution is 1.10. The Hall–Kier alpha value is -1.13. The zero-order valence-electron chi connectivity index (χ0n) is 14.2. The lowest BCUT2D eigenvalue weighted by Gasteiger charge is -2.24. The molecular weight excluding hydrogens is 271 g/mol. The van der Waals surface area contributed by atoms with E-state index < -0.39 is 0 Å². The predicted molar refractivity (Wildman–Crippen MR) is 97.9 cm³/mol. The van der Waals surface area contributed by atoms with Crippen molar-refractivity contribution in [3.8, 4) is 0 Å². The minimum Gasteiger partial charge on any atom is -0.0650 e. The van der Waals surface area contributed by atoms with E-state index in [0.29, 0.717) is 0 Å². The van der Waals surface area contributed by atoms with E-state index in [0.717, 1.165) is 0 Å². The summed E-state index contributed by atoms with van der Waals surface area (Å²) < 4.78 is 0. The normalized spacial score (nSPS) is 12.5. The van der Waals surface area contributed by atoms with E-state index in [4.69, 9.17) is 0 Å². The summed E-state index contributed by atoms with van der Waals surface area (Å²) in [6.07, 6.45) is 2.52. The summed E-state index contributed by atoms with van der Waals surface area (Å²) in [5, 5.41) is 3.14. The molecule has 2 aromatic rings. The van der Waals surface area contributed by atoms with Crippen LogP contribution >= 0.6 is 7.92 Å². The van der Waals surface area contributed by atoms with Crippen molar-refractivity contribution < 1.29 is 0 Å². The van der Waals surface area contributed by atoms with Gasteiger partial charge < -0.3 is 0 Å². The van der Waals surface area contributed by atoms with E-state index >= 15 is 0 Å². The van der Waals surface area contributed by atoms with E-state index in [9.17, 15) is 0 Å². The van der Waals surface area contributed by atoms with Gasteiger partial charge in [-0.25, -0.2) is 0 Å². The molecule has 1 unspecified atom stereocenters. The standard InChI is InChI=1S/C20H27P/c1-7-13-21(19-10-8-9-14(2)17(19)5)20-12-11-15(3)16(4)18(20)6/h8-12H,7,13H2,1-6H3. The first-order valence-electron chi connectivity index (χ1n) is 7.88. The fraction of sp³-hybridized carbons (Fsp3) is 0.400. The van der Waals surface area contributed by atoms with Gasteiger partial charge in [0.15, 0.2) is 0 Å². The van der Waals surface area contributed by atoms with Gasteiger partial charge in [0.1, 0.15) is 0 Å². The molecule has 1 heteroatoms. The van der Waals surface area contributed by atoms with Crippen LogP contribution in [0.5, 0.6) is 0 Å². The number of benzene rings is 2. The van der Waals surface area contributed by atoms with Crippen molar-refractivity contribution in [1.82, 2.24) is 0 Å². The Morgan fingerprint density at radius 1 is 0.714 bits per heavy atom. The lowest BCUT2D eigenvalue weighted by atomic mass is 10.1. The minimum atomic E-state index is -0.237. The average molecular weight is 298 g/mol. The Morgan fingerprint density at radius 3 is 2.00 bits per heavy atom. The van der Waals surface area contributed by atoms with Gasteiger partial charge in [0.2, 0.25) is 0 Å². The maximum absolute atomic E-state index is 2.38. The van der Waals surface area contributed by atoms with Crippen molar-refractivity contribution in [3.63, 3.8) is 0 Å². The van der Waals surface area contributed by atoms with Gasteiger partial charge in [-0.2, -0.15) is 0 Å². The van der Waals surface area contributed by atoms with Crippen molar-refractivity contribution in [2.24, 2.45) is 0 Å². The van der Waals surface area contributed by atoms with E-state index in [-0.39, 0.29) is 7.92 Å². The second kappa shape index (κ2) is 6.75. The van der Waals surface area contributed by atoms with Crippen LogP contribution in [0.1, 0.15) is 41.2 Å². The molecule has 0 radical (unpaired) electrons. The molecular formula is C20H27P. The van der Waals surface area contributed by atoms with Gasteiger partial charge in [-0.1, -0.05) is 43.7 Å². The van der Waals surface area contributed by atoms with Gasteiger partial charge in [0, 0.05) is 0 Å². The van der Waals surface area contributed by atoms with Crippen molar-refractivity contribution in [3.05, 3.63) is 58.1 Å². The highest BCUT2D eigenvalue weighted by molar-refractivity contribution is 7.73. The highest BCUT2D eigenvalue weighted by atomic mass is 31.1. The van der Waals surface area contributed by atoms with Gasteiger partial charge in [-0.3, -0.25) is 0 Å². The van der Waals surface area contributed by atoms with Gasteiger partial charge in [0.05, 0.1) is 0 Å². The molecule has 0 N–H and O–H groups in total. The van der Waals surface area contributed by atoms with Crippen molar-refractivity contribution in [2.45, 2.75) is 48.0 Å².